The third-order valence-corrected chi connectivity index (χ3v) is 4.16. The number of rotatable bonds is 6. The van der Waals surface area contributed by atoms with Gasteiger partial charge in [-0.15, -0.1) is 0 Å². The summed E-state index contributed by atoms with van der Waals surface area (Å²) in [5, 5.41) is 4.32. The van der Waals surface area contributed by atoms with E-state index >= 15 is 0 Å². The molecule has 1 unspecified atom stereocenters. The highest BCUT2D eigenvalue weighted by atomic mass is 35.5. The van der Waals surface area contributed by atoms with E-state index in [-0.39, 0.29) is 6.04 Å². The lowest BCUT2D eigenvalue weighted by Gasteiger charge is -2.16. The Morgan fingerprint density at radius 2 is 1.81 bits per heavy atom. The Bertz CT molecular complexity index is 592. The summed E-state index contributed by atoms with van der Waals surface area (Å²) >= 11 is 6.49. The maximum absolute atomic E-state index is 6.49. The van der Waals surface area contributed by atoms with Crippen LogP contribution in [0.2, 0.25) is 5.02 Å². The minimum Gasteiger partial charge on any atom is -0.310 e. The lowest BCUT2D eigenvalue weighted by molar-refractivity contribution is 0.571. The standard InChI is InChI=1S/C19H24ClN/c1-4-11-21-14(3)18-10-9-17(13-19(18)20)16-8-6-7-15(5-2)12-16/h6-10,12-14,21H,4-5,11H2,1-3H3. The van der Waals surface area contributed by atoms with Crippen molar-refractivity contribution in [3.63, 3.8) is 0 Å². The normalized spacial score (nSPS) is 12.4. The van der Waals surface area contributed by atoms with Crippen LogP contribution in [-0.4, -0.2) is 6.54 Å². The third kappa shape index (κ3) is 4.09. The van der Waals surface area contributed by atoms with Crippen molar-refractivity contribution in [2.24, 2.45) is 0 Å². The SMILES string of the molecule is CCCNC(C)c1ccc(-c2cccc(CC)c2)cc1Cl. The van der Waals surface area contributed by atoms with Crippen LogP contribution < -0.4 is 5.32 Å². The molecule has 21 heavy (non-hydrogen) atoms. The first kappa shape index (κ1) is 16.1. The molecule has 0 aromatic heterocycles. The molecule has 2 aromatic carbocycles. The van der Waals surface area contributed by atoms with Gasteiger partial charge in [0.25, 0.3) is 0 Å². The van der Waals surface area contributed by atoms with Gasteiger partial charge in [-0.05, 0) is 54.6 Å². The van der Waals surface area contributed by atoms with Crippen LogP contribution in [0.4, 0.5) is 0 Å². The van der Waals surface area contributed by atoms with Gasteiger partial charge >= 0.3 is 0 Å². The Morgan fingerprint density at radius 3 is 2.48 bits per heavy atom. The summed E-state index contributed by atoms with van der Waals surface area (Å²) < 4.78 is 0. The molecule has 2 aromatic rings. The number of nitrogens with one attached hydrogen (secondary N) is 1. The lowest BCUT2D eigenvalue weighted by atomic mass is 9.99. The minimum atomic E-state index is 0.286. The minimum absolute atomic E-state index is 0.286. The van der Waals surface area contributed by atoms with Crippen molar-refractivity contribution in [2.75, 3.05) is 6.54 Å². The van der Waals surface area contributed by atoms with Crippen molar-refractivity contribution in [1.82, 2.24) is 5.32 Å². The molecule has 0 bridgehead atoms. The highest BCUT2D eigenvalue weighted by Crippen LogP contribution is 2.29. The van der Waals surface area contributed by atoms with E-state index in [1.165, 1.54) is 22.3 Å². The van der Waals surface area contributed by atoms with Gasteiger partial charge in [0.1, 0.15) is 0 Å². The lowest BCUT2D eigenvalue weighted by Crippen LogP contribution is -2.19. The molecule has 1 atom stereocenters. The van der Waals surface area contributed by atoms with Crippen molar-refractivity contribution in [2.45, 2.75) is 39.7 Å². The molecule has 0 radical (unpaired) electrons. The van der Waals surface area contributed by atoms with E-state index in [9.17, 15) is 0 Å². The van der Waals surface area contributed by atoms with Gasteiger partial charge < -0.3 is 5.32 Å². The Kier molecular flexibility index (Phi) is 5.84. The summed E-state index contributed by atoms with van der Waals surface area (Å²) in [7, 11) is 0. The van der Waals surface area contributed by atoms with Crippen molar-refractivity contribution in [1.29, 1.82) is 0 Å². The molecule has 0 heterocycles. The van der Waals surface area contributed by atoms with Crippen LogP contribution in [-0.2, 0) is 6.42 Å². The molecule has 1 nitrogen and oxygen atoms in total. The van der Waals surface area contributed by atoms with Crippen LogP contribution in [0, 0.1) is 0 Å². The van der Waals surface area contributed by atoms with Crippen LogP contribution in [0.25, 0.3) is 11.1 Å². The maximum Gasteiger partial charge on any atom is 0.0459 e. The smallest absolute Gasteiger partial charge is 0.0459 e. The summed E-state index contributed by atoms with van der Waals surface area (Å²) in [6, 6.07) is 15.3. The highest BCUT2D eigenvalue weighted by molar-refractivity contribution is 6.31. The molecule has 2 heteroatoms. The van der Waals surface area contributed by atoms with Crippen LogP contribution in [0.5, 0.6) is 0 Å². The van der Waals surface area contributed by atoms with Gasteiger partial charge in [-0.2, -0.15) is 0 Å². The third-order valence-electron chi connectivity index (χ3n) is 3.84. The fourth-order valence-corrected chi connectivity index (χ4v) is 2.84. The Morgan fingerprint density at radius 1 is 1.05 bits per heavy atom. The topological polar surface area (TPSA) is 12.0 Å². The van der Waals surface area contributed by atoms with Crippen molar-refractivity contribution < 1.29 is 0 Å². The molecule has 0 aliphatic carbocycles. The highest BCUT2D eigenvalue weighted by Gasteiger charge is 2.10. The van der Waals surface area contributed by atoms with Gasteiger partial charge in [-0.3, -0.25) is 0 Å². The number of hydrogen-bond donors (Lipinski definition) is 1. The van der Waals surface area contributed by atoms with Gasteiger partial charge in [0.15, 0.2) is 0 Å². The van der Waals surface area contributed by atoms with Gasteiger partial charge in [-0.1, -0.05) is 61.8 Å². The van der Waals surface area contributed by atoms with Crippen molar-refractivity contribution in [3.8, 4) is 11.1 Å². The van der Waals surface area contributed by atoms with Crippen LogP contribution in [0.1, 0.15) is 44.4 Å². The van der Waals surface area contributed by atoms with E-state index < -0.39 is 0 Å². The molecule has 0 aliphatic rings. The van der Waals surface area contributed by atoms with Gasteiger partial charge in [0.2, 0.25) is 0 Å². The van der Waals surface area contributed by atoms with Crippen LogP contribution in [0.3, 0.4) is 0 Å². The van der Waals surface area contributed by atoms with E-state index in [1.54, 1.807) is 0 Å². The summed E-state index contributed by atoms with van der Waals surface area (Å²) in [5.74, 6) is 0. The quantitative estimate of drug-likeness (QED) is 0.729. The first-order valence-electron chi connectivity index (χ1n) is 7.77. The zero-order chi connectivity index (χ0) is 15.2. The molecule has 0 amide bonds. The molecule has 112 valence electrons. The second-order valence-corrected chi connectivity index (χ2v) is 5.87. The fourth-order valence-electron chi connectivity index (χ4n) is 2.50. The van der Waals surface area contributed by atoms with E-state index in [1.807, 2.05) is 0 Å². The Labute approximate surface area is 133 Å². The molecular weight excluding hydrogens is 278 g/mol. The number of halogens is 1. The van der Waals surface area contributed by atoms with Crippen LogP contribution >= 0.6 is 11.6 Å². The molecule has 1 N–H and O–H groups in total. The summed E-state index contributed by atoms with van der Waals surface area (Å²) in [6.45, 7) is 7.52. The summed E-state index contributed by atoms with van der Waals surface area (Å²) in [4.78, 5) is 0. The zero-order valence-corrected chi connectivity index (χ0v) is 13.9. The first-order chi connectivity index (χ1) is 10.2. The van der Waals surface area contributed by atoms with E-state index in [0.717, 1.165) is 24.4 Å². The van der Waals surface area contributed by atoms with E-state index in [2.05, 4.69) is 68.6 Å². The Balaban J connectivity index is 2.25. The van der Waals surface area contributed by atoms with Crippen molar-refractivity contribution >= 4 is 11.6 Å². The molecule has 0 saturated heterocycles. The molecule has 0 fully saturated rings. The average Bonchev–Trinajstić information content (AvgIpc) is 2.52. The second-order valence-electron chi connectivity index (χ2n) is 5.47. The van der Waals surface area contributed by atoms with E-state index in [4.69, 9.17) is 11.6 Å². The Hall–Kier alpha value is -1.31. The molecular formula is C19H24ClN. The van der Waals surface area contributed by atoms with Crippen molar-refractivity contribution in [3.05, 3.63) is 58.6 Å². The largest absolute Gasteiger partial charge is 0.310 e. The average molecular weight is 302 g/mol. The predicted molar refractivity (Wildman–Crippen MR) is 93.0 cm³/mol. The van der Waals surface area contributed by atoms with Gasteiger partial charge in [0, 0.05) is 11.1 Å². The number of hydrogen-bond acceptors (Lipinski definition) is 1. The fraction of sp³-hybridized carbons (Fsp3) is 0.368. The number of aryl methyl sites for hydroxylation is 1. The molecule has 0 saturated carbocycles. The summed E-state index contributed by atoms with van der Waals surface area (Å²) in [6.07, 6.45) is 2.18. The van der Waals surface area contributed by atoms with Gasteiger partial charge in [-0.25, -0.2) is 0 Å². The summed E-state index contributed by atoms with van der Waals surface area (Å²) in [5.41, 5.74) is 4.94. The van der Waals surface area contributed by atoms with E-state index in [0.29, 0.717) is 0 Å². The zero-order valence-electron chi connectivity index (χ0n) is 13.1. The molecule has 0 spiro atoms. The predicted octanol–water partition coefficient (Wildman–Crippen LogP) is 5.63. The monoisotopic (exact) mass is 301 g/mol. The van der Waals surface area contributed by atoms with Gasteiger partial charge in [0.05, 0.1) is 0 Å². The number of benzene rings is 2. The molecule has 2 rings (SSSR count). The first-order valence-corrected chi connectivity index (χ1v) is 8.15. The molecule has 0 aliphatic heterocycles. The maximum atomic E-state index is 6.49. The van der Waals surface area contributed by atoms with Crippen LogP contribution in [0.15, 0.2) is 42.5 Å². The second kappa shape index (κ2) is 7.63.